The number of benzene rings is 1. The van der Waals surface area contributed by atoms with Crippen LogP contribution in [-0.2, 0) is 14.9 Å². The van der Waals surface area contributed by atoms with Gasteiger partial charge in [0.15, 0.2) is 0 Å². The van der Waals surface area contributed by atoms with Crippen LogP contribution >= 0.6 is 0 Å². The third-order valence-corrected chi connectivity index (χ3v) is 3.13. The van der Waals surface area contributed by atoms with Crippen LogP contribution in [0.1, 0.15) is 5.56 Å². The highest BCUT2D eigenvalue weighted by atomic mass is 32.2. The molecule has 0 saturated heterocycles. The molecule has 7 heteroatoms. The second kappa shape index (κ2) is 3.86. The lowest BCUT2D eigenvalue weighted by Gasteiger charge is -2.22. The molecule has 1 unspecified atom stereocenters. The van der Waals surface area contributed by atoms with Gasteiger partial charge in [-0.1, -0.05) is 18.2 Å². The van der Waals surface area contributed by atoms with Crippen molar-refractivity contribution in [1.82, 2.24) is 0 Å². The summed E-state index contributed by atoms with van der Waals surface area (Å²) < 4.78 is 36.0. The predicted octanol–water partition coefficient (Wildman–Crippen LogP) is 0.761. The number of para-hydroxylation sites is 1. The van der Waals surface area contributed by atoms with Crippen molar-refractivity contribution in [2.75, 3.05) is 0 Å². The summed E-state index contributed by atoms with van der Waals surface area (Å²) in [6, 6.07) is 6.34. The number of hydrogen-bond donors (Lipinski definition) is 2. The van der Waals surface area contributed by atoms with Crippen LogP contribution in [0.15, 0.2) is 29.8 Å². The van der Waals surface area contributed by atoms with E-state index in [1.54, 1.807) is 18.2 Å². The van der Waals surface area contributed by atoms with Gasteiger partial charge in [0.05, 0.1) is 5.57 Å². The lowest BCUT2D eigenvalue weighted by atomic mass is 10.1. The molecular formula is C10H8O6S. The van der Waals surface area contributed by atoms with Gasteiger partial charge in [0.1, 0.15) is 5.75 Å². The Kier molecular flexibility index (Phi) is 2.64. The highest BCUT2D eigenvalue weighted by Gasteiger charge is 2.36. The van der Waals surface area contributed by atoms with E-state index in [0.29, 0.717) is 5.56 Å². The molecule has 0 spiro atoms. The summed E-state index contributed by atoms with van der Waals surface area (Å²) in [5, 5.41) is 8.87. The van der Waals surface area contributed by atoms with E-state index < -0.39 is 27.1 Å². The summed E-state index contributed by atoms with van der Waals surface area (Å²) in [7, 11) is -4.63. The molecule has 1 aliphatic heterocycles. The minimum absolute atomic E-state index is 0.208. The molecule has 17 heavy (non-hydrogen) atoms. The molecule has 0 aliphatic carbocycles. The number of rotatable bonds is 2. The van der Waals surface area contributed by atoms with Crippen LogP contribution in [0, 0.1) is 0 Å². The molecule has 1 aromatic carbocycles. The van der Waals surface area contributed by atoms with Crippen molar-refractivity contribution < 1.29 is 27.6 Å². The first-order valence-corrected chi connectivity index (χ1v) is 6.07. The maximum Gasteiger partial charge on any atom is 0.336 e. The van der Waals surface area contributed by atoms with Crippen LogP contribution in [0.4, 0.5) is 0 Å². The van der Waals surface area contributed by atoms with Crippen molar-refractivity contribution in [3.63, 3.8) is 0 Å². The van der Waals surface area contributed by atoms with E-state index >= 15 is 0 Å². The summed E-state index contributed by atoms with van der Waals surface area (Å²) in [4.78, 5) is 10.9. The fraction of sp³-hybridized carbons (Fsp3) is 0.100. The number of carboxylic acids is 1. The number of aliphatic carboxylic acids is 1. The fourth-order valence-corrected chi connectivity index (χ4v) is 2.22. The summed E-state index contributed by atoms with van der Waals surface area (Å²) in [5.41, 5.74) is -1.97. The maximum absolute atomic E-state index is 11.0. The average molecular weight is 256 g/mol. The molecule has 1 aliphatic rings. The van der Waals surface area contributed by atoms with Gasteiger partial charge in [-0.15, -0.1) is 0 Å². The van der Waals surface area contributed by atoms with E-state index in [1.807, 2.05) is 0 Å². The molecule has 2 N–H and O–H groups in total. The minimum atomic E-state index is -4.63. The predicted molar refractivity (Wildman–Crippen MR) is 58.0 cm³/mol. The van der Waals surface area contributed by atoms with Gasteiger partial charge in [0, 0.05) is 5.56 Å². The van der Waals surface area contributed by atoms with Gasteiger partial charge < -0.3 is 9.84 Å². The highest BCUT2D eigenvalue weighted by molar-refractivity contribution is 7.86. The molecule has 0 fully saturated rings. The molecule has 0 bridgehead atoms. The van der Waals surface area contributed by atoms with Crippen LogP contribution in [0.25, 0.3) is 6.08 Å². The minimum Gasteiger partial charge on any atom is -0.478 e. The van der Waals surface area contributed by atoms with Crippen molar-refractivity contribution in [3.8, 4) is 5.75 Å². The Balaban J connectivity index is 2.59. The van der Waals surface area contributed by atoms with E-state index in [4.69, 9.17) is 14.4 Å². The standard InChI is InChI=1S/C10H8O6S/c11-9(12)7-5-6-3-1-2-4-8(6)16-10(7)17(13,14)15/h1-5,10H,(H,11,12)(H,13,14,15). The zero-order valence-electron chi connectivity index (χ0n) is 8.40. The topological polar surface area (TPSA) is 101 Å². The van der Waals surface area contributed by atoms with Crippen molar-refractivity contribution in [3.05, 3.63) is 35.4 Å². The van der Waals surface area contributed by atoms with Crippen molar-refractivity contribution in [2.45, 2.75) is 5.44 Å². The summed E-state index contributed by atoms with van der Waals surface area (Å²) >= 11 is 0. The number of fused-ring (bicyclic) bond motifs is 1. The first-order chi connectivity index (χ1) is 7.89. The zero-order chi connectivity index (χ0) is 12.6. The van der Waals surface area contributed by atoms with E-state index in [9.17, 15) is 13.2 Å². The molecule has 1 heterocycles. The zero-order valence-corrected chi connectivity index (χ0v) is 9.22. The number of carbonyl (C=O) groups is 1. The van der Waals surface area contributed by atoms with Gasteiger partial charge in [-0.2, -0.15) is 8.42 Å². The third kappa shape index (κ3) is 2.15. The number of ether oxygens (including phenoxy) is 1. The summed E-state index contributed by atoms with van der Waals surface area (Å²) in [6.45, 7) is 0. The average Bonchev–Trinajstić information content (AvgIpc) is 2.26. The quantitative estimate of drug-likeness (QED) is 0.757. The summed E-state index contributed by atoms with van der Waals surface area (Å²) in [5.74, 6) is -1.25. The van der Waals surface area contributed by atoms with E-state index in [-0.39, 0.29) is 5.75 Å². The Hall–Kier alpha value is -1.86. The molecule has 0 aromatic heterocycles. The number of carboxylic acid groups (broad SMARTS) is 1. The SMILES string of the molecule is O=C(O)C1=Cc2ccccc2OC1S(=O)(=O)O. The Morgan fingerprint density at radius 1 is 1.29 bits per heavy atom. The molecule has 1 atom stereocenters. The van der Waals surface area contributed by atoms with Crippen LogP contribution in [0.3, 0.4) is 0 Å². The van der Waals surface area contributed by atoms with Gasteiger partial charge in [0.25, 0.3) is 5.44 Å². The fourth-order valence-electron chi connectivity index (χ4n) is 1.51. The molecular weight excluding hydrogens is 248 g/mol. The van der Waals surface area contributed by atoms with Crippen LogP contribution < -0.4 is 4.74 Å². The Morgan fingerprint density at radius 3 is 2.53 bits per heavy atom. The van der Waals surface area contributed by atoms with E-state index in [0.717, 1.165) is 0 Å². The monoisotopic (exact) mass is 256 g/mol. The van der Waals surface area contributed by atoms with Gasteiger partial charge in [-0.05, 0) is 12.1 Å². The van der Waals surface area contributed by atoms with E-state index in [1.165, 1.54) is 12.1 Å². The van der Waals surface area contributed by atoms with Gasteiger partial charge in [0.2, 0.25) is 0 Å². The van der Waals surface area contributed by atoms with E-state index in [2.05, 4.69) is 0 Å². The smallest absolute Gasteiger partial charge is 0.336 e. The van der Waals surface area contributed by atoms with Crippen molar-refractivity contribution in [1.29, 1.82) is 0 Å². The summed E-state index contributed by atoms with van der Waals surface area (Å²) in [6.07, 6.45) is 1.17. The highest BCUT2D eigenvalue weighted by Crippen LogP contribution is 2.31. The molecule has 0 amide bonds. The Bertz CT molecular complexity index is 601. The first kappa shape index (κ1) is 11.6. The third-order valence-electron chi connectivity index (χ3n) is 2.24. The lowest BCUT2D eigenvalue weighted by Crippen LogP contribution is -2.34. The number of hydrogen-bond acceptors (Lipinski definition) is 4. The lowest BCUT2D eigenvalue weighted by molar-refractivity contribution is -0.133. The molecule has 0 saturated carbocycles. The molecule has 6 nitrogen and oxygen atoms in total. The van der Waals surface area contributed by atoms with Gasteiger partial charge in [-0.3, -0.25) is 4.55 Å². The maximum atomic E-state index is 11.0. The first-order valence-electron chi connectivity index (χ1n) is 4.56. The molecule has 1 aromatic rings. The van der Waals surface area contributed by atoms with Crippen LogP contribution in [0.2, 0.25) is 0 Å². The van der Waals surface area contributed by atoms with Crippen LogP contribution in [-0.4, -0.2) is 29.5 Å². The normalized spacial score (nSPS) is 18.9. The van der Waals surface area contributed by atoms with Crippen LogP contribution in [0.5, 0.6) is 5.75 Å². The Morgan fingerprint density at radius 2 is 1.94 bits per heavy atom. The largest absolute Gasteiger partial charge is 0.478 e. The van der Waals surface area contributed by atoms with Gasteiger partial charge >= 0.3 is 16.1 Å². The second-order valence-electron chi connectivity index (χ2n) is 3.41. The molecule has 0 radical (unpaired) electrons. The second-order valence-corrected chi connectivity index (χ2v) is 4.87. The Labute approximate surface area is 96.9 Å². The van der Waals surface area contributed by atoms with Crippen molar-refractivity contribution in [2.24, 2.45) is 0 Å². The van der Waals surface area contributed by atoms with Crippen molar-refractivity contribution >= 4 is 22.2 Å². The van der Waals surface area contributed by atoms with Gasteiger partial charge in [-0.25, -0.2) is 4.79 Å². The molecule has 2 rings (SSSR count). The molecule has 90 valence electrons.